The lowest BCUT2D eigenvalue weighted by Gasteiger charge is -2.56. The van der Waals surface area contributed by atoms with E-state index < -0.39 is 0 Å². The first-order valence-electron chi connectivity index (χ1n) is 10.6. The maximum Gasteiger partial charge on any atom is 0.273 e. The average molecular weight is 398 g/mol. The van der Waals surface area contributed by atoms with Gasteiger partial charge in [0.1, 0.15) is 23.9 Å². The molecule has 4 fully saturated rings. The van der Waals surface area contributed by atoms with Gasteiger partial charge in [0.05, 0.1) is 5.56 Å². The predicted octanol–water partition coefficient (Wildman–Crippen LogP) is 4.65. The molecule has 4 aliphatic rings. The molecule has 4 saturated carbocycles. The fourth-order valence-corrected chi connectivity index (χ4v) is 6.31. The molecule has 0 unspecified atom stereocenters. The lowest BCUT2D eigenvalue weighted by atomic mass is 9.49. The zero-order chi connectivity index (χ0) is 20.0. The van der Waals surface area contributed by atoms with Crippen LogP contribution in [0.1, 0.15) is 60.3 Å². The summed E-state index contributed by atoms with van der Waals surface area (Å²) in [5.41, 5.74) is 1.14. The number of amides is 1. The van der Waals surface area contributed by atoms with Gasteiger partial charge in [0.15, 0.2) is 5.69 Å². The van der Waals surface area contributed by atoms with Gasteiger partial charge in [-0.15, -0.1) is 0 Å². The van der Waals surface area contributed by atoms with Crippen molar-refractivity contribution in [1.82, 2.24) is 10.5 Å². The molecule has 1 heterocycles. The van der Waals surface area contributed by atoms with E-state index in [1.54, 1.807) is 19.1 Å². The third kappa shape index (κ3) is 3.65. The van der Waals surface area contributed by atoms with Crippen molar-refractivity contribution in [3.8, 4) is 5.75 Å². The maximum atomic E-state index is 13.4. The zero-order valence-electron chi connectivity index (χ0n) is 16.7. The van der Waals surface area contributed by atoms with Gasteiger partial charge in [-0.25, -0.2) is 4.39 Å². The Bertz CT molecular complexity index is 887. The van der Waals surface area contributed by atoms with Crippen LogP contribution in [0.4, 0.5) is 4.39 Å². The number of ether oxygens (including phenoxy) is 1. The molecule has 6 heteroatoms. The number of aryl methyl sites for hydroxylation is 1. The van der Waals surface area contributed by atoms with Crippen molar-refractivity contribution >= 4 is 5.91 Å². The van der Waals surface area contributed by atoms with Gasteiger partial charge in [0, 0.05) is 12.6 Å². The molecule has 1 amide bonds. The van der Waals surface area contributed by atoms with E-state index in [0.29, 0.717) is 23.6 Å². The number of nitrogens with one attached hydrogen (secondary N) is 1. The van der Waals surface area contributed by atoms with E-state index in [0.717, 1.165) is 17.8 Å². The molecule has 1 aromatic heterocycles. The standard InChI is InChI=1S/C23H27FN2O3/c1-14-20(12-28-19-4-2-3-18(24)8-19)21(26-29-14)22(27)25-13-23-9-15-5-16(10-23)7-17(6-15)11-23/h2-4,8,15-17H,5-7,9-13H2,1H3,(H,25,27). The minimum absolute atomic E-state index is 0.110. The molecule has 1 aromatic carbocycles. The van der Waals surface area contributed by atoms with E-state index in [2.05, 4.69) is 10.5 Å². The summed E-state index contributed by atoms with van der Waals surface area (Å²) in [4.78, 5) is 12.9. The van der Waals surface area contributed by atoms with Gasteiger partial charge in [-0.2, -0.15) is 0 Å². The van der Waals surface area contributed by atoms with Gasteiger partial charge in [-0.3, -0.25) is 4.79 Å². The van der Waals surface area contributed by atoms with Crippen LogP contribution in [-0.2, 0) is 6.61 Å². The van der Waals surface area contributed by atoms with Gasteiger partial charge in [-0.05, 0) is 80.8 Å². The Balaban J connectivity index is 1.25. The van der Waals surface area contributed by atoms with Crippen LogP contribution in [0.3, 0.4) is 0 Å². The van der Waals surface area contributed by atoms with E-state index >= 15 is 0 Å². The summed E-state index contributed by atoms with van der Waals surface area (Å²) in [5, 5.41) is 7.11. The largest absolute Gasteiger partial charge is 0.489 e. The van der Waals surface area contributed by atoms with Crippen LogP contribution in [0.25, 0.3) is 0 Å². The SMILES string of the molecule is Cc1onc(C(=O)NCC23CC4CC(CC(C4)C2)C3)c1COc1cccc(F)c1. The summed E-state index contributed by atoms with van der Waals surface area (Å²) in [6.07, 6.45) is 7.89. The highest BCUT2D eigenvalue weighted by molar-refractivity contribution is 5.93. The van der Waals surface area contributed by atoms with Gasteiger partial charge in [0.2, 0.25) is 0 Å². The van der Waals surface area contributed by atoms with E-state index in [1.165, 1.54) is 50.7 Å². The Labute approximate surface area is 170 Å². The molecule has 4 aliphatic carbocycles. The Morgan fingerprint density at radius 3 is 2.59 bits per heavy atom. The van der Waals surface area contributed by atoms with E-state index in [1.807, 2.05) is 0 Å². The second kappa shape index (κ2) is 7.15. The van der Waals surface area contributed by atoms with Crippen LogP contribution in [0, 0.1) is 35.9 Å². The van der Waals surface area contributed by atoms with E-state index in [-0.39, 0.29) is 29.4 Å². The number of benzene rings is 1. The van der Waals surface area contributed by atoms with Crippen molar-refractivity contribution in [1.29, 1.82) is 0 Å². The summed E-state index contributed by atoms with van der Waals surface area (Å²) in [6.45, 7) is 2.58. The fraction of sp³-hybridized carbons (Fsp3) is 0.565. The number of rotatable bonds is 6. The zero-order valence-corrected chi connectivity index (χ0v) is 16.7. The molecule has 2 aromatic rings. The third-order valence-electron chi connectivity index (χ3n) is 7.17. The molecular formula is C23H27FN2O3. The molecule has 0 atom stereocenters. The highest BCUT2D eigenvalue weighted by Crippen LogP contribution is 2.59. The summed E-state index contributed by atoms with van der Waals surface area (Å²) in [5.74, 6) is 2.92. The minimum atomic E-state index is -0.363. The molecule has 154 valence electrons. The Kier molecular flexibility index (Phi) is 4.60. The first kappa shape index (κ1) is 18.6. The van der Waals surface area contributed by atoms with Crippen LogP contribution in [0.5, 0.6) is 5.75 Å². The van der Waals surface area contributed by atoms with Crippen molar-refractivity contribution < 1.29 is 18.4 Å². The maximum absolute atomic E-state index is 13.4. The lowest BCUT2D eigenvalue weighted by Crippen LogP contribution is -2.51. The summed E-state index contributed by atoms with van der Waals surface area (Å²) < 4.78 is 24.3. The molecule has 4 bridgehead atoms. The molecule has 29 heavy (non-hydrogen) atoms. The molecule has 6 rings (SSSR count). The number of carbonyl (C=O) groups excluding carboxylic acids is 1. The molecule has 5 nitrogen and oxygen atoms in total. The normalized spacial score (nSPS) is 29.8. The van der Waals surface area contributed by atoms with Gasteiger partial charge >= 0.3 is 0 Å². The van der Waals surface area contributed by atoms with Crippen LogP contribution in [0.2, 0.25) is 0 Å². The van der Waals surface area contributed by atoms with Crippen LogP contribution < -0.4 is 10.1 Å². The summed E-state index contributed by atoms with van der Waals surface area (Å²) in [6, 6.07) is 5.94. The Hall–Kier alpha value is -2.37. The number of aromatic nitrogens is 1. The van der Waals surface area contributed by atoms with Gasteiger partial charge in [-0.1, -0.05) is 11.2 Å². The average Bonchev–Trinajstić information content (AvgIpc) is 3.04. The highest BCUT2D eigenvalue weighted by atomic mass is 19.1. The number of nitrogens with zero attached hydrogens (tertiary/aromatic N) is 1. The predicted molar refractivity (Wildman–Crippen MR) is 105 cm³/mol. The topological polar surface area (TPSA) is 64.4 Å². The lowest BCUT2D eigenvalue weighted by molar-refractivity contribution is -0.0503. The Morgan fingerprint density at radius 1 is 1.24 bits per heavy atom. The third-order valence-corrected chi connectivity index (χ3v) is 7.17. The second-order valence-electron chi connectivity index (χ2n) is 9.41. The summed E-state index contributed by atoms with van der Waals surface area (Å²) >= 11 is 0. The molecule has 0 radical (unpaired) electrons. The monoisotopic (exact) mass is 398 g/mol. The quantitative estimate of drug-likeness (QED) is 0.769. The highest BCUT2D eigenvalue weighted by Gasteiger charge is 2.50. The summed E-state index contributed by atoms with van der Waals surface area (Å²) in [7, 11) is 0. The molecular weight excluding hydrogens is 371 g/mol. The van der Waals surface area contributed by atoms with Crippen molar-refractivity contribution in [2.24, 2.45) is 23.2 Å². The molecule has 0 aliphatic heterocycles. The van der Waals surface area contributed by atoms with E-state index in [4.69, 9.17) is 9.26 Å². The molecule has 0 spiro atoms. The smallest absolute Gasteiger partial charge is 0.273 e. The van der Waals surface area contributed by atoms with Crippen molar-refractivity contribution in [2.75, 3.05) is 6.54 Å². The van der Waals surface area contributed by atoms with Crippen LogP contribution >= 0.6 is 0 Å². The minimum Gasteiger partial charge on any atom is -0.489 e. The van der Waals surface area contributed by atoms with Crippen LogP contribution in [0.15, 0.2) is 28.8 Å². The van der Waals surface area contributed by atoms with Crippen molar-refractivity contribution in [3.63, 3.8) is 0 Å². The van der Waals surface area contributed by atoms with Gasteiger partial charge < -0.3 is 14.6 Å². The Morgan fingerprint density at radius 2 is 1.93 bits per heavy atom. The number of carbonyl (C=O) groups is 1. The number of hydrogen-bond donors (Lipinski definition) is 1. The van der Waals surface area contributed by atoms with Crippen molar-refractivity contribution in [3.05, 3.63) is 47.1 Å². The first-order valence-corrected chi connectivity index (χ1v) is 10.6. The van der Waals surface area contributed by atoms with E-state index in [9.17, 15) is 9.18 Å². The van der Waals surface area contributed by atoms with Crippen LogP contribution in [-0.4, -0.2) is 17.6 Å². The van der Waals surface area contributed by atoms with Crippen molar-refractivity contribution in [2.45, 2.75) is 52.1 Å². The molecule has 0 saturated heterocycles. The number of hydrogen-bond acceptors (Lipinski definition) is 4. The second-order valence-corrected chi connectivity index (χ2v) is 9.41. The molecule has 1 N–H and O–H groups in total. The first-order chi connectivity index (χ1) is 14.0. The number of halogens is 1. The fourth-order valence-electron chi connectivity index (χ4n) is 6.31. The van der Waals surface area contributed by atoms with Gasteiger partial charge in [0.25, 0.3) is 5.91 Å².